The Kier molecular flexibility index (Phi) is 7.00. The molecule has 1 amide bonds. The van der Waals surface area contributed by atoms with Gasteiger partial charge in [-0.3, -0.25) is 9.69 Å². The van der Waals surface area contributed by atoms with Gasteiger partial charge >= 0.3 is 0 Å². The molecular formula is C17H25ClN2O2. The Labute approximate surface area is 137 Å². The van der Waals surface area contributed by atoms with Crippen molar-refractivity contribution < 1.29 is 9.53 Å². The molecule has 0 aliphatic carbocycles. The Morgan fingerprint density at radius 2 is 2.32 bits per heavy atom. The zero-order valence-corrected chi connectivity index (χ0v) is 13.9. The largest absolute Gasteiger partial charge is 0.492 e. The predicted octanol–water partition coefficient (Wildman–Crippen LogP) is 3.10. The van der Waals surface area contributed by atoms with E-state index in [1.54, 1.807) is 6.07 Å². The molecule has 2 rings (SSSR count). The van der Waals surface area contributed by atoms with Crippen molar-refractivity contribution in [3.05, 3.63) is 29.3 Å². The van der Waals surface area contributed by atoms with Crippen molar-refractivity contribution in [2.45, 2.75) is 38.6 Å². The van der Waals surface area contributed by atoms with Gasteiger partial charge in [0.05, 0.1) is 12.6 Å². The molecule has 22 heavy (non-hydrogen) atoms. The predicted molar refractivity (Wildman–Crippen MR) is 89.5 cm³/mol. The number of nitrogens with zero attached hydrogens (tertiary/aromatic N) is 1. The summed E-state index contributed by atoms with van der Waals surface area (Å²) >= 11 is 5.90. The van der Waals surface area contributed by atoms with Gasteiger partial charge in [0.15, 0.2) is 0 Å². The van der Waals surface area contributed by atoms with Crippen LogP contribution in [0.3, 0.4) is 0 Å². The SMILES string of the molecule is CCCN1CCCCC1C(=O)NCCOc1cccc(Cl)c1. The Balaban J connectivity index is 1.72. The monoisotopic (exact) mass is 324 g/mol. The minimum Gasteiger partial charge on any atom is -0.492 e. The van der Waals surface area contributed by atoms with Crippen molar-refractivity contribution in [3.63, 3.8) is 0 Å². The quantitative estimate of drug-likeness (QED) is 0.784. The number of carbonyl (C=O) groups is 1. The molecule has 0 saturated carbocycles. The van der Waals surface area contributed by atoms with Crippen LogP contribution in [0.15, 0.2) is 24.3 Å². The molecule has 1 saturated heterocycles. The summed E-state index contributed by atoms with van der Waals surface area (Å²) in [6.07, 6.45) is 4.38. The summed E-state index contributed by atoms with van der Waals surface area (Å²) in [6.45, 7) is 5.15. The Morgan fingerprint density at radius 3 is 3.09 bits per heavy atom. The molecule has 1 fully saturated rings. The molecule has 122 valence electrons. The van der Waals surface area contributed by atoms with Gasteiger partial charge in [-0.1, -0.05) is 31.0 Å². The normalized spacial score (nSPS) is 18.9. The maximum atomic E-state index is 12.3. The summed E-state index contributed by atoms with van der Waals surface area (Å²) in [7, 11) is 0. The molecule has 0 radical (unpaired) electrons. The van der Waals surface area contributed by atoms with Crippen molar-refractivity contribution in [1.82, 2.24) is 10.2 Å². The highest BCUT2D eigenvalue weighted by Crippen LogP contribution is 2.18. The van der Waals surface area contributed by atoms with Gasteiger partial charge in [0.25, 0.3) is 0 Å². The van der Waals surface area contributed by atoms with Crippen LogP contribution in [0.25, 0.3) is 0 Å². The molecule has 1 heterocycles. The lowest BCUT2D eigenvalue weighted by Gasteiger charge is -2.34. The minimum absolute atomic E-state index is 0.0277. The number of amides is 1. The van der Waals surface area contributed by atoms with Crippen LogP contribution in [0, 0.1) is 0 Å². The van der Waals surface area contributed by atoms with Gasteiger partial charge in [-0.25, -0.2) is 0 Å². The minimum atomic E-state index is 0.0277. The highest BCUT2D eigenvalue weighted by Gasteiger charge is 2.27. The lowest BCUT2D eigenvalue weighted by Crippen LogP contribution is -2.50. The van der Waals surface area contributed by atoms with Crippen LogP contribution in [0.5, 0.6) is 5.75 Å². The second kappa shape index (κ2) is 9.01. The fourth-order valence-electron chi connectivity index (χ4n) is 2.86. The Bertz CT molecular complexity index is 479. The standard InChI is InChI=1S/C17H25ClN2O2/c1-2-10-20-11-4-3-8-16(20)17(21)19-9-12-22-15-7-5-6-14(18)13-15/h5-7,13,16H,2-4,8-12H2,1H3,(H,19,21). The number of carbonyl (C=O) groups excluding carboxylic acids is 1. The molecule has 0 spiro atoms. The van der Waals surface area contributed by atoms with Crippen LogP contribution in [-0.2, 0) is 4.79 Å². The first kappa shape index (κ1) is 17.1. The molecule has 1 unspecified atom stereocenters. The van der Waals surface area contributed by atoms with Gasteiger partial charge in [-0.15, -0.1) is 0 Å². The Morgan fingerprint density at radius 1 is 1.45 bits per heavy atom. The van der Waals surface area contributed by atoms with E-state index in [2.05, 4.69) is 17.1 Å². The van der Waals surface area contributed by atoms with Crippen LogP contribution in [-0.4, -0.2) is 43.1 Å². The van der Waals surface area contributed by atoms with Crippen LogP contribution >= 0.6 is 11.6 Å². The van der Waals surface area contributed by atoms with Crippen LogP contribution in [0.2, 0.25) is 5.02 Å². The Hall–Kier alpha value is -1.26. The highest BCUT2D eigenvalue weighted by atomic mass is 35.5. The summed E-state index contributed by atoms with van der Waals surface area (Å²) in [5.74, 6) is 0.856. The van der Waals surface area contributed by atoms with Crippen molar-refractivity contribution in [1.29, 1.82) is 0 Å². The number of hydrogen-bond donors (Lipinski definition) is 1. The van der Waals surface area contributed by atoms with E-state index in [0.717, 1.165) is 38.1 Å². The van der Waals surface area contributed by atoms with Gasteiger partial charge in [0.2, 0.25) is 5.91 Å². The summed E-state index contributed by atoms with van der Waals surface area (Å²) in [4.78, 5) is 14.6. The molecule has 5 heteroatoms. The third-order valence-corrected chi connectivity index (χ3v) is 4.13. The number of benzene rings is 1. The zero-order chi connectivity index (χ0) is 15.8. The van der Waals surface area contributed by atoms with Crippen LogP contribution in [0.1, 0.15) is 32.6 Å². The molecule has 1 aliphatic heterocycles. The summed E-state index contributed by atoms with van der Waals surface area (Å²) in [6, 6.07) is 7.31. The van der Waals surface area contributed by atoms with Gasteiger partial charge in [0, 0.05) is 5.02 Å². The first-order chi connectivity index (χ1) is 10.7. The number of hydrogen-bond acceptors (Lipinski definition) is 3. The third kappa shape index (κ3) is 5.18. The first-order valence-electron chi connectivity index (χ1n) is 8.11. The van der Waals surface area contributed by atoms with Crippen molar-refractivity contribution >= 4 is 17.5 Å². The molecule has 0 bridgehead atoms. The highest BCUT2D eigenvalue weighted by molar-refractivity contribution is 6.30. The number of ether oxygens (including phenoxy) is 1. The summed E-state index contributed by atoms with van der Waals surface area (Å²) in [5, 5.41) is 3.64. The van der Waals surface area contributed by atoms with E-state index >= 15 is 0 Å². The van der Waals surface area contributed by atoms with Gasteiger partial charge in [0.1, 0.15) is 12.4 Å². The second-order valence-electron chi connectivity index (χ2n) is 5.64. The lowest BCUT2D eigenvalue weighted by molar-refractivity contribution is -0.127. The first-order valence-corrected chi connectivity index (χ1v) is 8.48. The van der Waals surface area contributed by atoms with E-state index in [1.807, 2.05) is 18.2 Å². The van der Waals surface area contributed by atoms with Gasteiger partial charge in [-0.05, 0) is 50.6 Å². The molecular weight excluding hydrogens is 300 g/mol. The van der Waals surface area contributed by atoms with E-state index in [4.69, 9.17) is 16.3 Å². The van der Waals surface area contributed by atoms with E-state index < -0.39 is 0 Å². The topological polar surface area (TPSA) is 41.6 Å². The maximum Gasteiger partial charge on any atom is 0.237 e. The average Bonchev–Trinajstić information content (AvgIpc) is 2.52. The van der Waals surface area contributed by atoms with Crippen LogP contribution in [0.4, 0.5) is 0 Å². The van der Waals surface area contributed by atoms with E-state index in [-0.39, 0.29) is 11.9 Å². The fourth-order valence-corrected chi connectivity index (χ4v) is 3.04. The van der Waals surface area contributed by atoms with E-state index in [9.17, 15) is 4.79 Å². The molecule has 0 aromatic heterocycles. The smallest absolute Gasteiger partial charge is 0.237 e. The fraction of sp³-hybridized carbons (Fsp3) is 0.588. The molecule has 4 nitrogen and oxygen atoms in total. The number of nitrogens with one attached hydrogen (secondary N) is 1. The third-order valence-electron chi connectivity index (χ3n) is 3.89. The van der Waals surface area contributed by atoms with E-state index in [0.29, 0.717) is 18.2 Å². The summed E-state index contributed by atoms with van der Waals surface area (Å²) in [5.41, 5.74) is 0. The molecule has 1 atom stereocenters. The van der Waals surface area contributed by atoms with Crippen molar-refractivity contribution in [3.8, 4) is 5.75 Å². The number of halogens is 1. The molecule has 1 N–H and O–H groups in total. The van der Waals surface area contributed by atoms with Crippen LogP contribution < -0.4 is 10.1 Å². The van der Waals surface area contributed by atoms with Gasteiger partial charge in [-0.2, -0.15) is 0 Å². The van der Waals surface area contributed by atoms with E-state index in [1.165, 1.54) is 6.42 Å². The number of piperidine rings is 1. The molecule has 1 aliphatic rings. The van der Waals surface area contributed by atoms with Gasteiger partial charge < -0.3 is 10.1 Å². The maximum absolute atomic E-state index is 12.3. The number of likely N-dealkylation sites (tertiary alicyclic amines) is 1. The zero-order valence-electron chi connectivity index (χ0n) is 13.2. The molecule has 1 aromatic carbocycles. The van der Waals surface area contributed by atoms with Crippen molar-refractivity contribution in [2.75, 3.05) is 26.2 Å². The average molecular weight is 325 g/mol. The second-order valence-corrected chi connectivity index (χ2v) is 6.08. The number of rotatable bonds is 7. The van der Waals surface area contributed by atoms with Crippen molar-refractivity contribution in [2.24, 2.45) is 0 Å². The molecule has 1 aromatic rings. The summed E-state index contributed by atoms with van der Waals surface area (Å²) < 4.78 is 5.59. The lowest BCUT2D eigenvalue weighted by atomic mass is 10.0.